The lowest BCUT2D eigenvalue weighted by atomic mass is 10.00. The van der Waals surface area contributed by atoms with Gasteiger partial charge in [-0.3, -0.25) is 4.79 Å². The van der Waals surface area contributed by atoms with Crippen molar-refractivity contribution >= 4 is 16.7 Å². The highest BCUT2D eigenvalue weighted by atomic mass is 16.5. The lowest BCUT2D eigenvalue weighted by Crippen LogP contribution is -2.25. The van der Waals surface area contributed by atoms with Crippen LogP contribution in [0.4, 0.5) is 0 Å². The van der Waals surface area contributed by atoms with Gasteiger partial charge in [0.15, 0.2) is 0 Å². The first kappa shape index (κ1) is 14.9. The lowest BCUT2D eigenvalue weighted by molar-refractivity contribution is -0.121. The molecule has 3 heteroatoms. The second-order valence-electron chi connectivity index (χ2n) is 6.11. The number of nitrogens with one attached hydrogen (secondary N) is 1. The number of carbonyl (C=O) groups is 1. The zero-order chi connectivity index (χ0) is 15.4. The van der Waals surface area contributed by atoms with Crippen molar-refractivity contribution in [3.05, 3.63) is 42.0 Å². The predicted octanol–water partition coefficient (Wildman–Crippen LogP) is 3.70. The molecule has 116 valence electrons. The number of carbonyl (C=O) groups excluding carboxylic acids is 1. The SMILES string of the molecule is COc1ccc2cccc(CCCC(=O)NCC3CC3)c2c1. The molecule has 2 aromatic carbocycles. The van der Waals surface area contributed by atoms with Gasteiger partial charge >= 0.3 is 0 Å². The van der Waals surface area contributed by atoms with Gasteiger partial charge in [0.1, 0.15) is 5.75 Å². The van der Waals surface area contributed by atoms with E-state index in [1.165, 1.54) is 29.2 Å². The van der Waals surface area contributed by atoms with Crippen LogP contribution in [0.1, 0.15) is 31.2 Å². The van der Waals surface area contributed by atoms with Crippen molar-refractivity contribution < 1.29 is 9.53 Å². The number of hydrogen-bond donors (Lipinski definition) is 1. The highest BCUT2D eigenvalue weighted by molar-refractivity contribution is 5.87. The number of ether oxygens (including phenoxy) is 1. The minimum absolute atomic E-state index is 0.185. The third-order valence-electron chi connectivity index (χ3n) is 4.31. The molecular formula is C19H23NO2. The zero-order valence-electron chi connectivity index (χ0n) is 13.1. The number of amides is 1. The predicted molar refractivity (Wildman–Crippen MR) is 89.2 cm³/mol. The van der Waals surface area contributed by atoms with Crippen LogP contribution in [0.5, 0.6) is 5.75 Å². The average molecular weight is 297 g/mol. The number of fused-ring (bicyclic) bond motifs is 1. The van der Waals surface area contributed by atoms with E-state index in [-0.39, 0.29) is 5.91 Å². The van der Waals surface area contributed by atoms with E-state index in [9.17, 15) is 4.79 Å². The molecule has 0 radical (unpaired) electrons. The molecule has 1 aliphatic carbocycles. The van der Waals surface area contributed by atoms with Gasteiger partial charge in [-0.05, 0) is 60.1 Å². The van der Waals surface area contributed by atoms with Gasteiger partial charge < -0.3 is 10.1 Å². The van der Waals surface area contributed by atoms with Gasteiger partial charge in [0, 0.05) is 13.0 Å². The molecule has 3 rings (SSSR count). The number of hydrogen-bond acceptors (Lipinski definition) is 2. The fourth-order valence-electron chi connectivity index (χ4n) is 2.77. The van der Waals surface area contributed by atoms with E-state index < -0.39 is 0 Å². The van der Waals surface area contributed by atoms with Gasteiger partial charge in [0.25, 0.3) is 0 Å². The van der Waals surface area contributed by atoms with Crippen molar-refractivity contribution in [1.29, 1.82) is 0 Å². The van der Waals surface area contributed by atoms with Crippen LogP contribution < -0.4 is 10.1 Å². The Morgan fingerprint density at radius 1 is 1.27 bits per heavy atom. The van der Waals surface area contributed by atoms with Crippen molar-refractivity contribution in [1.82, 2.24) is 5.32 Å². The minimum Gasteiger partial charge on any atom is -0.497 e. The van der Waals surface area contributed by atoms with Crippen LogP contribution >= 0.6 is 0 Å². The summed E-state index contributed by atoms with van der Waals surface area (Å²) in [5.41, 5.74) is 1.28. The third kappa shape index (κ3) is 3.79. The van der Waals surface area contributed by atoms with Crippen LogP contribution in [-0.2, 0) is 11.2 Å². The summed E-state index contributed by atoms with van der Waals surface area (Å²) >= 11 is 0. The Morgan fingerprint density at radius 3 is 2.91 bits per heavy atom. The molecule has 0 aromatic heterocycles. The van der Waals surface area contributed by atoms with E-state index in [2.05, 4.69) is 35.6 Å². The topological polar surface area (TPSA) is 38.3 Å². The third-order valence-corrected chi connectivity index (χ3v) is 4.31. The van der Waals surface area contributed by atoms with Crippen molar-refractivity contribution in [2.75, 3.05) is 13.7 Å². The summed E-state index contributed by atoms with van der Waals surface area (Å²) in [4.78, 5) is 11.8. The zero-order valence-corrected chi connectivity index (χ0v) is 13.1. The van der Waals surface area contributed by atoms with Gasteiger partial charge in [-0.15, -0.1) is 0 Å². The fraction of sp³-hybridized carbons (Fsp3) is 0.421. The molecule has 0 spiro atoms. The summed E-state index contributed by atoms with van der Waals surface area (Å²) < 4.78 is 5.32. The van der Waals surface area contributed by atoms with E-state index >= 15 is 0 Å². The first-order valence-electron chi connectivity index (χ1n) is 8.08. The smallest absolute Gasteiger partial charge is 0.220 e. The van der Waals surface area contributed by atoms with E-state index in [4.69, 9.17) is 4.74 Å². The molecule has 0 heterocycles. The summed E-state index contributed by atoms with van der Waals surface area (Å²) in [6, 6.07) is 12.5. The quantitative estimate of drug-likeness (QED) is 0.846. The Labute approximate surface area is 131 Å². The number of benzene rings is 2. The monoisotopic (exact) mass is 297 g/mol. The Hall–Kier alpha value is -2.03. The molecule has 1 aliphatic rings. The maximum Gasteiger partial charge on any atom is 0.220 e. The van der Waals surface area contributed by atoms with E-state index in [1.807, 2.05) is 6.07 Å². The van der Waals surface area contributed by atoms with Crippen LogP contribution in [-0.4, -0.2) is 19.6 Å². The van der Waals surface area contributed by atoms with Crippen LogP contribution in [0.15, 0.2) is 36.4 Å². The molecule has 1 amide bonds. The molecular weight excluding hydrogens is 274 g/mol. The fourth-order valence-corrected chi connectivity index (χ4v) is 2.77. The number of methoxy groups -OCH3 is 1. The molecule has 22 heavy (non-hydrogen) atoms. The molecule has 0 unspecified atom stereocenters. The van der Waals surface area contributed by atoms with Gasteiger partial charge in [0.2, 0.25) is 5.91 Å². The van der Waals surface area contributed by atoms with E-state index in [0.29, 0.717) is 6.42 Å². The Bertz CT molecular complexity index is 662. The minimum atomic E-state index is 0.185. The summed E-state index contributed by atoms with van der Waals surface area (Å²) in [5.74, 6) is 1.81. The Balaban J connectivity index is 1.59. The first-order valence-corrected chi connectivity index (χ1v) is 8.08. The lowest BCUT2D eigenvalue weighted by Gasteiger charge is -2.09. The second-order valence-corrected chi connectivity index (χ2v) is 6.11. The van der Waals surface area contributed by atoms with Gasteiger partial charge in [-0.1, -0.05) is 24.3 Å². The summed E-state index contributed by atoms with van der Waals surface area (Å²) in [6.07, 6.45) is 4.96. The summed E-state index contributed by atoms with van der Waals surface area (Å²) in [6.45, 7) is 0.865. The molecule has 0 aliphatic heterocycles. The second kappa shape index (κ2) is 6.82. The maximum absolute atomic E-state index is 11.8. The van der Waals surface area contributed by atoms with E-state index in [0.717, 1.165) is 31.1 Å². The van der Waals surface area contributed by atoms with Crippen LogP contribution in [0.25, 0.3) is 10.8 Å². The molecule has 2 aromatic rings. The Morgan fingerprint density at radius 2 is 2.14 bits per heavy atom. The van der Waals surface area contributed by atoms with Gasteiger partial charge in [-0.25, -0.2) is 0 Å². The highest BCUT2D eigenvalue weighted by Crippen LogP contribution is 2.27. The molecule has 0 saturated heterocycles. The van der Waals surface area contributed by atoms with Crippen molar-refractivity contribution in [2.24, 2.45) is 5.92 Å². The molecule has 1 fully saturated rings. The van der Waals surface area contributed by atoms with Gasteiger partial charge in [0.05, 0.1) is 7.11 Å². The van der Waals surface area contributed by atoms with Crippen molar-refractivity contribution in [2.45, 2.75) is 32.1 Å². The summed E-state index contributed by atoms with van der Waals surface area (Å²) in [5, 5.41) is 5.47. The summed E-state index contributed by atoms with van der Waals surface area (Å²) in [7, 11) is 1.69. The van der Waals surface area contributed by atoms with Crippen molar-refractivity contribution in [3.8, 4) is 5.75 Å². The highest BCUT2D eigenvalue weighted by Gasteiger charge is 2.21. The standard InChI is InChI=1S/C19H23NO2/c1-22-17-11-10-16-5-2-4-15(18(16)12-17)6-3-7-19(21)20-13-14-8-9-14/h2,4-5,10-12,14H,3,6-9,13H2,1H3,(H,20,21). The molecule has 0 atom stereocenters. The molecule has 1 N–H and O–H groups in total. The molecule has 3 nitrogen and oxygen atoms in total. The largest absolute Gasteiger partial charge is 0.497 e. The van der Waals surface area contributed by atoms with Crippen LogP contribution in [0.2, 0.25) is 0 Å². The van der Waals surface area contributed by atoms with Crippen LogP contribution in [0.3, 0.4) is 0 Å². The van der Waals surface area contributed by atoms with E-state index in [1.54, 1.807) is 7.11 Å². The Kier molecular flexibility index (Phi) is 4.62. The maximum atomic E-state index is 11.8. The average Bonchev–Trinajstić information content (AvgIpc) is 3.37. The number of rotatable bonds is 7. The normalized spacial score (nSPS) is 14.0. The van der Waals surface area contributed by atoms with Crippen molar-refractivity contribution in [3.63, 3.8) is 0 Å². The molecule has 0 bridgehead atoms. The van der Waals surface area contributed by atoms with Gasteiger partial charge in [-0.2, -0.15) is 0 Å². The molecule has 1 saturated carbocycles. The first-order chi connectivity index (χ1) is 10.8. The van der Waals surface area contributed by atoms with Crippen LogP contribution in [0, 0.1) is 5.92 Å². The number of aryl methyl sites for hydroxylation is 1.